The molecule has 17 heavy (non-hydrogen) atoms. The predicted octanol–water partition coefficient (Wildman–Crippen LogP) is 1.94. The van der Waals surface area contributed by atoms with Crippen LogP contribution in [0.2, 0.25) is 0 Å². The first kappa shape index (κ1) is 14.2. The second kappa shape index (κ2) is 7.45. The molecule has 1 rings (SSSR count). The van der Waals surface area contributed by atoms with E-state index in [1.165, 1.54) is 0 Å². The number of hydrogen-bond acceptors (Lipinski definition) is 3. The maximum Gasteiger partial charge on any atom is 0.123 e. The van der Waals surface area contributed by atoms with E-state index in [0.29, 0.717) is 6.04 Å². The monoisotopic (exact) mass is 255 g/mol. The summed E-state index contributed by atoms with van der Waals surface area (Å²) >= 11 is 0. The van der Waals surface area contributed by atoms with Gasteiger partial charge in [0.05, 0.1) is 7.11 Å². The molecule has 0 aliphatic carbocycles. The van der Waals surface area contributed by atoms with Crippen molar-refractivity contribution in [3.8, 4) is 5.75 Å². The van der Waals surface area contributed by atoms with Crippen LogP contribution < -0.4 is 10.1 Å². The largest absolute Gasteiger partial charge is 0.496 e. The zero-order valence-corrected chi connectivity index (χ0v) is 11.5. The lowest BCUT2D eigenvalue weighted by atomic mass is 10.2. The molecular weight excluding hydrogens is 234 g/mol. The minimum Gasteiger partial charge on any atom is -0.496 e. The topological polar surface area (TPSA) is 38.3 Å². The average Bonchev–Trinajstić information content (AvgIpc) is 2.34. The molecule has 1 aromatic carbocycles. The average molecular weight is 255 g/mol. The van der Waals surface area contributed by atoms with Crippen LogP contribution in [0.1, 0.15) is 18.9 Å². The second-order valence-electron chi connectivity index (χ2n) is 4.16. The molecule has 0 saturated carbocycles. The molecule has 0 fully saturated rings. The van der Waals surface area contributed by atoms with Gasteiger partial charge in [0.1, 0.15) is 5.75 Å². The lowest BCUT2D eigenvalue weighted by Gasteiger charge is -2.14. The lowest BCUT2D eigenvalue weighted by Crippen LogP contribution is -2.27. The van der Waals surface area contributed by atoms with Crippen molar-refractivity contribution in [2.24, 2.45) is 0 Å². The number of ether oxygens (including phenoxy) is 1. The van der Waals surface area contributed by atoms with Crippen molar-refractivity contribution in [3.05, 3.63) is 29.8 Å². The van der Waals surface area contributed by atoms with Crippen molar-refractivity contribution < 1.29 is 8.95 Å². The smallest absolute Gasteiger partial charge is 0.123 e. The van der Waals surface area contributed by atoms with Gasteiger partial charge < -0.3 is 10.1 Å². The van der Waals surface area contributed by atoms with Crippen LogP contribution >= 0.6 is 0 Å². The van der Waals surface area contributed by atoms with Gasteiger partial charge in [-0.1, -0.05) is 18.2 Å². The molecule has 0 amide bonds. The fourth-order valence-electron chi connectivity index (χ4n) is 1.58. The molecule has 0 bridgehead atoms. The van der Waals surface area contributed by atoms with Crippen LogP contribution in [0.4, 0.5) is 0 Å². The predicted molar refractivity (Wildman–Crippen MR) is 72.8 cm³/mol. The third-order valence-corrected chi connectivity index (χ3v) is 3.48. The van der Waals surface area contributed by atoms with E-state index in [4.69, 9.17) is 4.74 Å². The van der Waals surface area contributed by atoms with Gasteiger partial charge in [-0.05, 0) is 19.4 Å². The number of nitrogens with one attached hydrogen (secondary N) is 1. The summed E-state index contributed by atoms with van der Waals surface area (Å²) in [5.41, 5.74) is 1.15. The van der Waals surface area contributed by atoms with Gasteiger partial charge in [0.2, 0.25) is 0 Å². The SMILES string of the molecule is COc1ccccc1CNC(C)CCS(C)=O. The van der Waals surface area contributed by atoms with Crippen LogP contribution in [0.15, 0.2) is 24.3 Å². The molecule has 0 aromatic heterocycles. The lowest BCUT2D eigenvalue weighted by molar-refractivity contribution is 0.405. The van der Waals surface area contributed by atoms with Gasteiger partial charge >= 0.3 is 0 Å². The van der Waals surface area contributed by atoms with E-state index in [1.807, 2.05) is 18.2 Å². The van der Waals surface area contributed by atoms with Gasteiger partial charge in [0.15, 0.2) is 0 Å². The van der Waals surface area contributed by atoms with E-state index in [9.17, 15) is 4.21 Å². The summed E-state index contributed by atoms with van der Waals surface area (Å²) in [5, 5.41) is 3.41. The van der Waals surface area contributed by atoms with Crippen LogP contribution in [0.25, 0.3) is 0 Å². The summed E-state index contributed by atoms with van der Waals surface area (Å²) in [7, 11) is 0.978. The Balaban J connectivity index is 2.41. The second-order valence-corrected chi connectivity index (χ2v) is 5.71. The van der Waals surface area contributed by atoms with E-state index in [0.717, 1.165) is 30.0 Å². The van der Waals surface area contributed by atoms with E-state index in [2.05, 4.69) is 18.3 Å². The maximum atomic E-state index is 11.0. The number of rotatable bonds is 7. The van der Waals surface area contributed by atoms with Crippen molar-refractivity contribution >= 4 is 10.8 Å². The van der Waals surface area contributed by atoms with Crippen molar-refractivity contribution in [2.75, 3.05) is 19.1 Å². The van der Waals surface area contributed by atoms with E-state index in [-0.39, 0.29) is 0 Å². The molecule has 0 saturated heterocycles. The van der Waals surface area contributed by atoms with Gasteiger partial charge in [0, 0.05) is 41.0 Å². The first-order chi connectivity index (χ1) is 8.13. The highest BCUT2D eigenvalue weighted by Gasteiger charge is 2.05. The van der Waals surface area contributed by atoms with Crippen LogP contribution in [0.3, 0.4) is 0 Å². The Morgan fingerprint density at radius 1 is 1.41 bits per heavy atom. The molecule has 0 radical (unpaired) electrons. The Morgan fingerprint density at radius 3 is 2.76 bits per heavy atom. The summed E-state index contributed by atoms with van der Waals surface area (Å²) in [6.45, 7) is 2.89. The highest BCUT2D eigenvalue weighted by atomic mass is 32.2. The summed E-state index contributed by atoms with van der Waals surface area (Å²) in [6.07, 6.45) is 2.67. The summed E-state index contributed by atoms with van der Waals surface area (Å²) in [4.78, 5) is 0. The first-order valence-corrected chi connectivity index (χ1v) is 7.51. The van der Waals surface area contributed by atoms with Gasteiger partial charge in [-0.15, -0.1) is 0 Å². The Morgan fingerprint density at radius 2 is 2.12 bits per heavy atom. The minimum absolute atomic E-state index is 0.365. The number of benzene rings is 1. The van der Waals surface area contributed by atoms with Crippen molar-refractivity contribution in [1.82, 2.24) is 5.32 Å². The molecule has 0 spiro atoms. The number of para-hydroxylation sites is 1. The fraction of sp³-hybridized carbons (Fsp3) is 0.538. The summed E-state index contributed by atoms with van der Waals surface area (Å²) in [5.74, 6) is 1.66. The van der Waals surface area contributed by atoms with Crippen molar-refractivity contribution in [1.29, 1.82) is 0 Å². The molecule has 2 unspecified atom stereocenters. The molecule has 1 N–H and O–H groups in total. The van der Waals surface area contributed by atoms with E-state index < -0.39 is 10.8 Å². The molecule has 2 atom stereocenters. The number of methoxy groups -OCH3 is 1. The van der Waals surface area contributed by atoms with Crippen LogP contribution in [-0.4, -0.2) is 29.4 Å². The quantitative estimate of drug-likeness (QED) is 0.809. The molecule has 3 nitrogen and oxygen atoms in total. The highest BCUT2D eigenvalue weighted by molar-refractivity contribution is 7.84. The van der Waals surface area contributed by atoms with Gasteiger partial charge in [-0.2, -0.15) is 0 Å². The third kappa shape index (κ3) is 5.33. The fourth-order valence-corrected chi connectivity index (χ4v) is 2.26. The molecule has 96 valence electrons. The van der Waals surface area contributed by atoms with Gasteiger partial charge in [-0.25, -0.2) is 0 Å². The molecule has 1 aromatic rings. The molecule has 0 aliphatic rings. The minimum atomic E-state index is -0.705. The molecule has 4 heteroatoms. The zero-order valence-electron chi connectivity index (χ0n) is 10.7. The number of hydrogen-bond donors (Lipinski definition) is 1. The molecule has 0 aliphatic heterocycles. The zero-order chi connectivity index (χ0) is 12.7. The highest BCUT2D eigenvalue weighted by Crippen LogP contribution is 2.16. The van der Waals surface area contributed by atoms with Crippen molar-refractivity contribution in [3.63, 3.8) is 0 Å². The van der Waals surface area contributed by atoms with Gasteiger partial charge in [-0.3, -0.25) is 4.21 Å². The van der Waals surface area contributed by atoms with Crippen molar-refractivity contribution in [2.45, 2.75) is 25.9 Å². The van der Waals surface area contributed by atoms with E-state index >= 15 is 0 Å². The van der Waals surface area contributed by atoms with Crippen LogP contribution in [0, 0.1) is 0 Å². The first-order valence-electron chi connectivity index (χ1n) is 5.78. The third-order valence-electron chi connectivity index (χ3n) is 2.67. The molecular formula is C13H21NO2S. The Bertz CT molecular complexity index is 368. The maximum absolute atomic E-state index is 11.0. The normalized spacial score (nSPS) is 14.3. The Hall–Kier alpha value is -0.870. The summed E-state index contributed by atoms with van der Waals surface area (Å²) < 4.78 is 16.3. The Kier molecular flexibility index (Phi) is 6.22. The van der Waals surface area contributed by atoms with Crippen LogP contribution in [-0.2, 0) is 17.3 Å². The van der Waals surface area contributed by atoms with Gasteiger partial charge in [0.25, 0.3) is 0 Å². The Labute approximate surface area is 106 Å². The summed E-state index contributed by atoms with van der Waals surface area (Å²) in [6, 6.07) is 8.35. The standard InChI is InChI=1S/C13H21NO2S/c1-11(8-9-17(3)15)14-10-12-6-4-5-7-13(12)16-2/h4-7,11,14H,8-10H2,1-3H3. The van der Waals surface area contributed by atoms with Crippen LogP contribution in [0.5, 0.6) is 5.75 Å². The van der Waals surface area contributed by atoms with E-state index in [1.54, 1.807) is 13.4 Å². The molecule has 0 heterocycles.